The van der Waals surface area contributed by atoms with Crippen LogP contribution in [0.15, 0.2) is 46.6 Å². The fourth-order valence-electron chi connectivity index (χ4n) is 3.74. The van der Waals surface area contributed by atoms with Crippen LogP contribution in [0.25, 0.3) is 33.2 Å². The van der Waals surface area contributed by atoms with Crippen LogP contribution in [0.3, 0.4) is 0 Å². The maximum absolute atomic E-state index is 12.4. The summed E-state index contributed by atoms with van der Waals surface area (Å²) in [6, 6.07) is 9.85. The van der Waals surface area contributed by atoms with Crippen molar-refractivity contribution in [2.24, 2.45) is 0 Å². The molecule has 1 aromatic carbocycles. The van der Waals surface area contributed by atoms with Crippen molar-refractivity contribution in [2.45, 2.75) is 32.2 Å². The Morgan fingerprint density at radius 2 is 2.07 bits per heavy atom. The first kappa shape index (κ1) is 18.1. The predicted molar refractivity (Wildman–Crippen MR) is 111 cm³/mol. The van der Waals surface area contributed by atoms with Crippen molar-refractivity contribution < 1.29 is 9.32 Å². The Kier molecular flexibility index (Phi) is 4.85. The van der Waals surface area contributed by atoms with Gasteiger partial charge in [-0.1, -0.05) is 11.2 Å². The van der Waals surface area contributed by atoms with Gasteiger partial charge in [-0.05, 0) is 48.9 Å². The molecule has 8 heteroatoms. The van der Waals surface area contributed by atoms with Crippen molar-refractivity contribution in [3.05, 3.63) is 42.0 Å². The molecule has 4 aromatic rings. The third-order valence-electron chi connectivity index (χ3n) is 5.31. The summed E-state index contributed by atoms with van der Waals surface area (Å²) in [5.41, 5.74) is 2.72. The number of benzene rings is 1. The molecule has 5 rings (SSSR count). The fraction of sp³-hybridized carbons (Fsp3) is 0.333. The molecule has 0 unspecified atom stereocenters. The number of carbonyl (C=O) groups is 1. The molecule has 1 aliphatic rings. The smallest absolute Gasteiger partial charge is 0.268 e. The number of piperidine rings is 1. The average molecular weight is 407 g/mol. The van der Waals surface area contributed by atoms with Gasteiger partial charge in [-0.2, -0.15) is 4.98 Å². The molecule has 0 saturated carbocycles. The number of likely N-dealkylation sites (tertiary alicyclic amines) is 1. The van der Waals surface area contributed by atoms with Crippen LogP contribution >= 0.6 is 11.3 Å². The van der Waals surface area contributed by atoms with Crippen molar-refractivity contribution >= 4 is 28.3 Å². The number of aryl methyl sites for hydroxylation is 1. The molecule has 1 aliphatic heterocycles. The second-order valence-electron chi connectivity index (χ2n) is 7.23. The van der Waals surface area contributed by atoms with E-state index in [1.165, 1.54) is 6.42 Å². The Bertz CT molecular complexity index is 1130. The van der Waals surface area contributed by atoms with E-state index >= 15 is 0 Å². The summed E-state index contributed by atoms with van der Waals surface area (Å²) in [6.45, 7) is 2.42. The highest BCUT2D eigenvalue weighted by molar-refractivity contribution is 7.13. The lowest BCUT2D eigenvalue weighted by Gasteiger charge is -2.26. The number of aromatic nitrogens is 4. The molecule has 29 heavy (non-hydrogen) atoms. The highest BCUT2D eigenvalue weighted by Crippen LogP contribution is 2.27. The van der Waals surface area contributed by atoms with E-state index in [1.54, 1.807) is 17.7 Å². The van der Waals surface area contributed by atoms with Gasteiger partial charge >= 0.3 is 0 Å². The van der Waals surface area contributed by atoms with Crippen molar-refractivity contribution in [3.8, 4) is 22.2 Å². The summed E-state index contributed by atoms with van der Waals surface area (Å²) in [5.74, 6) is 1.30. The SMILES string of the molecule is O=C(CCn1cnc2cc(-c3noc(-c4cccs4)n3)ccc21)N1CCCCC1. The van der Waals surface area contributed by atoms with Gasteiger partial charge in [0.05, 0.1) is 22.2 Å². The molecule has 1 amide bonds. The quantitative estimate of drug-likeness (QED) is 0.495. The van der Waals surface area contributed by atoms with Crippen LogP contribution in [0.2, 0.25) is 0 Å². The van der Waals surface area contributed by atoms with E-state index in [0.717, 1.165) is 47.4 Å². The Morgan fingerprint density at radius 1 is 1.17 bits per heavy atom. The van der Waals surface area contributed by atoms with Gasteiger partial charge < -0.3 is 14.0 Å². The van der Waals surface area contributed by atoms with E-state index in [-0.39, 0.29) is 5.91 Å². The number of hydrogen-bond acceptors (Lipinski definition) is 6. The molecule has 148 valence electrons. The first-order valence-corrected chi connectivity index (χ1v) is 10.8. The maximum atomic E-state index is 12.4. The monoisotopic (exact) mass is 407 g/mol. The number of imidazole rings is 1. The van der Waals surface area contributed by atoms with Gasteiger partial charge in [0.25, 0.3) is 5.89 Å². The van der Waals surface area contributed by atoms with E-state index in [9.17, 15) is 4.79 Å². The second kappa shape index (κ2) is 7.79. The Balaban J connectivity index is 1.31. The van der Waals surface area contributed by atoms with Crippen LogP contribution in [-0.4, -0.2) is 43.6 Å². The largest absolute Gasteiger partial charge is 0.343 e. The molecule has 0 bridgehead atoms. The fourth-order valence-corrected chi connectivity index (χ4v) is 4.38. The molecule has 4 heterocycles. The molecule has 1 saturated heterocycles. The lowest BCUT2D eigenvalue weighted by Crippen LogP contribution is -2.35. The summed E-state index contributed by atoms with van der Waals surface area (Å²) < 4.78 is 7.42. The van der Waals surface area contributed by atoms with Gasteiger partial charge in [0, 0.05) is 31.6 Å². The standard InChI is InChI=1S/C21H21N5O2S/c27-19(25-9-2-1-3-10-25)8-11-26-14-22-16-13-15(6-7-17(16)26)20-23-21(28-24-20)18-5-4-12-29-18/h4-7,12-14H,1-3,8-11H2. The van der Waals surface area contributed by atoms with Crippen LogP contribution < -0.4 is 0 Å². The van der Waals surface area contributed by atoms with Crippen molar-refractivity contribution in [3.63, 3.8) is 0 Å². The summed E-state index contributed by atoms with van der Waals surface area (Å²) in [6.07, 6.45) is 5.76. The topological polar surface area (TPSA) is 77.0 Å². The highest BCUT2D eigenvalue weighted by Gasteiger charge is 2.17. The summed E-state index contributed by atoms with van der Waals surface area (Å²) in [5, 5.41) is 6.08. The van der Waals surface area contributed by atoms with E-state index in [1.807, 2.05) is 45.2 Å². The lowest BCUT2D eigenvalue weighted by atomic mass is 10.1. The molecule has 7 nitrogen and oxygen atoms in total. The van der Waals surface area contributed by atoms with Gasteiger partial charge in [-0.15, -0.1) is 11.3 Å². The zero-order valence-corrected chi connectivity index (χ0v) is 16.8. The van der Waals surface area contributed by atoms with Gasteiger partial charge in [0.2, 0.25) is 11.7 Å². The van der Waals surface area contributed by atoms with Crippen LogP contribution in [-0.2, 0) is 11.3 Å². The number of hydrogen-bond donors (Lipinski definition) is 0. The van der Waals surface area contributed by atoms with E-state index in [2.05, 4.69) is 15.1 Å². The minimum Gasteiger partial charge on any atom is -0.343 e. The minimum atomic E-state index is 0.232. The number of rotatable bonds is 5. The molecular weight excluding hydrogens is 386 g/mol. The zero-order valence-electron chi connectivity index (χ0n) is 16.0. The third-order valence-corrected chi connectivity index (χ3v) is 6.17. The van der Waals surface area contributed by atoms with Crippen molar-refractivity contribution in [1.82, 2.24) is 24.6 Å². The van der Waals surface area contributed by atoms with E-state index < -0.39 is 0 Å². The van der Waals surface area contributed by atoms with E-state index in [4.69, 9.17) is 4.52 Å². The van der Waals surface area contributed by atoms with Crippen LogP contribution in [0.5, 0.6) is 0 Å². The molecule has 3 aromatic heterocycles. The van der Waals surface area contributed by atoms with Crippen LogP contribution in [0.4, 0.5) is 0 Å². The minimum absolute atomic E-state index is 0.232. The number of thiophene rings is 1. The normalized spacial score (nSPS) is 14.6. The molecule has 0 radical (unpaired) electrons. The second-order valence-corrected chi connectivity index (χ2v) is 8.18. The van der Waals surface area contributed by atoms with Gasteiger partial charge in [-0.3, -0.25) is 4.79 Å². The Hall–Kier alpha value is -3.00. The maximum Gasteiger partial charge on any atom is 0.268 e. The van der Waals surface area contributed by atoms with Crippen LogP contribution in [0.1, 0.15) is 25.7 Å². The summed E-state index contributed by atoms with van der Waals surface area (Å²) >= 11 is 1.57. The number of fused-ring (bicyclic) bond motifs is 1. The van der Waals surface area contributed by atoms with Gasteiger partial charge in [-0.25, -0.2) is 4.98 Å². The van der Waals surface area contributed by atoms with Gasteiger partial charge in [0.15, 0.2) is 0 Å². The van der Waals surface area contributed by atoms with Gasteiger partial charge in [0.1, 0.15) is 0 Å². The first-order chi connectivity index (χ1) is 14.3. The summed E-state index contributed by atoms with van der Waals surface area (Å²) in [7, 11) is 0. The van der Waals surface area contributed by atoms with E-state index in [0.29, 0.717) is 24.7 Å². The molecule has 0 aliphatic carbocycles. The Morgan fingerprint density at radius 3 is 2.90 bits per heavy atom. The molecule has 0 N–H and O–H groups in total. The van der Waals surface area contributed by atoms with Crippen LogP contribution in [0, 0.1) is 0 Å². The predicted octanol–water partition coefficient (Wildman–Crippen LogP) is 4.22. The number of amides is 1. The lowest BCUT2D eigenvalue weighted by molar-refractivity contribution is -0.132. The molecule has 1 fully saturated rings. The average Bonchev–Trinajstić information content (AvgIpc) is 3.52. The first-order valence-electron chi connectivity index (χ1n) is 9.88. The number of nitrogens with zero attached hydrogens (tertiary/aromatic N) is 5. The summed E-state index contributed by atoms with van der Waals surface area (Å²) in [4.78, 5) is 24.4. The Labute approximate surface area is 172 Å². The number of carbonyl (C=O) groups excluding carboxylic acids is 1. The van der Waals surface area contributed by atoms with Crippen molar-refractivity contribution in [1.29, 1.82) is 0 Å². The van der Waals surface area contributed by atoms with Crippen molar-refractivity contribution in [2.75, 3.05) is 13.1 Å². The highest BCUT2D eigenvalue weighted by atomic mass is 32.1. The molecule has 0 spiro atoms. The molecule has 0 atom stereocenters. The zero-order chi connectivity index (χ0) is 19.6. The molecular formula is C21H21N5O2S. The third kappa shape index (κ3) is 3.67.